The Bertz CT molecular complexity index is 1220. The summed E-state index contributed by atoms with van der Waals surface area (Å²) in [5, 5.41) is 16.1. The van der Waals surface area contributed by atoms with Gasteiger partial charge in [0.15, 0.2) is 6.61 Å². The number of hydrogen-bond donors (Lipinski definition) is 3. The minimum atomic E-state index is -4.38. The number of carboxylic acid groups (broad SMARTS) is 1. The monoisotopic (exact) mass is 485 g/mol. The topological polar surface area (TPSA) is 83.5 Å². The summed E-state index contributed by atoms with van der Waals surface area (Å²) in [6.45, 7) is 3.67. The second-order valence-electron chi connectivity index (χ2n) is 8.61. The van der Waals surface area contributed by atoms with Crippen molar-refractivity contribution in [3.63, 3.8) is 0 Å². The van der Waals surface area contributed by atoms with E-state index in [1.807, 2.05) is 19.9 Å². The molecular weight excluding hydrogens is 459 g/mol. The lowest BCUT2D eigenvalue weighted by molar-refractivity contribution is -0.153. The maximum absolute atomic E-state index is 12.5. The van der Waals surface area contributed by atoms with Crippen molar-refractivity contribution in [1.82, 2.24) is 10.3 Å². The normalized spacial score (nSPS) is 15.4. The number of anilines is 1. The van der Waals surface area contributed by atoms with E-state index < -0.39 is 18.8 Å². The van der Waals surface area contributed by atoms with Crippen LogP contribution in [0.25, 0.3) is 11.1 Å². The Morgan fingerprint density at radius 1 is 1.20 bits per heavy atom. The molecule has 3 N–H and O–H groups in total. The van der Waals surface area contributed by atoms with Crippen molar-refractivity contribution in [3.8, 4) is 16.9 Å². The third-order valence-electron chi connectivity index (χ3n) is 6.05. The summed E-state index contributed by atoms with van der Waals surface area (Å²) in [5.41, 5.74) is 6.57. The van der Waals surface area contributed by atoms with Crippen LogP contribution in [0, 0.1) is 13.8 Å². The SMILES string of the molecule is Cc1cc(OCC(F)(F)F)cc(C)c1-c1ccc2c(c1)CCN[C@H]2CNc1cnccc1C(=O)O. The fraction of sp³-hybridized carbons (Fsp3) is 0.308. The standard InChI is InChI=1S/C26H26F3N3O3/c1-15-9-19(35-14-26(27,28)29)10-16(2)24(15)18-3-4-20-17(11-18)5-8-31-23(20)13-32-22-12-30-7-6-21(22)25(33)34/h3-4,6-7,9-12,23,31-32H,5,8,13-14H2,1-2H3,(H,33,34)/t23-/m0/s1. The minimum Gasteiger partial charge on any atom is -0.484 e. The molecule has 0 bridgehead atoms. The quantitative estimate of drug-likeness (QED) is 0.421. The van der Waals surface area contributed by atoms with Gasteiger partial charge in [-0.2, -0.15) is 13.2 Å². The number of aromatic carboxylic acids is 1. The number of ether oxygens (including phenoxy) is 1. The highest BCUT2D eigenvalue weighted by molar-refractivity contribution is 5.93. The van der Waals surface area contributed by atoms with Crippen LogP contribution in [0.5, 0.6) is 5.75 Å². The van der Waals surface area contributed by atoms with E-state index in [4.69, 9.17) is 4.74 Å². The number of hydrogen-bond acceptors (Lipinski definition) is 5. The number of nitrogens with one attached hydrogen (secondary N) is 2. The molecule has 0 unspecified atom stereocenters. The van der Waals surface area contributed by atoms with Crippen molar-refractivity contribution in [2.75, 3.05) is 25.0 Å². The van der Waals surface area contributed by atoms with Crippen molar-refractivity contribution in [1.29, 1.82) is 0 Å². The van der Waals surface area contributed by atoms with Crippen molar-refractivity contribution >= 4 is 11.7 Å². The Kier molecular flexibility index (Phi) is 6.98. The number of fused-ring (bicyclic) bond motifs is 1. The number of benzene rings is 2. The summed E-state index contributed by atoms with van der Waals surface area (Å²) < 4.78 is 42.5. The lowest BCUT2D eigenvalue weighted by Crippen LogP contribution is -2.34. The van der Waals surface area contributed by atoms with Gasteiger partial charge in [-0.05, 0) is 78.4 Å². The first-order valence-corrected chi connectivity index (χ1v) is 11.2. The van der Waals surface area contributed by atoms with Crippen LogP contribution in [0.15, 0.2) is 48.8 Å². The average Bonchev–Trinajstić information content (AvgIpc) is 2.80. The number of pyridine rings is 1. The van der Waals surface area contributed by atoms with Gasteiger partial charge in [-0.25, -0.2) is 4.79 Å². The number of rotatable bonds is 7. The largest absolute Gasteiger partial charge is 0.484 e. The summed E-state index contributed by atoms with van der Waals surface area (Å²) in [5.74, 6) is -0.817. The molecule has 2 heterocycles. The van der Waals surface area contributed by atoms with E-state index in [1.54, 1.807) is 12.1 Å². The molecule has 6 nitrogen and oxygen atoms in total. The zero-order valence-electron chi connectivity index (χ0n) is 19.4. The van der Waals surface area contributed by atoms with E-state index in [0.29, 0.717) is 12.2 Å². The summed E-state index contributed by atoms with van der Waals surface area (Å²) in [6, 6.07) is 10.9. The molecular formula is C26H26F3N3O3. The predicted molar refractivity (Wildman–Crippen MR) is 127 cm³/mol. The number of aryl methyl sites for hydroxylation is 2. The second kappa shape index (κ2) is 9.95. The van der Waals surface area contributed by atoms with Gasteiger partial charge in [-0.1, -0.05) is 18.2 Å². The molecule has 1 aromatic heterocycles. The van der Waals surface area contributed by atoms with Gasteiger partial charge in [0, 0.05) is 18.8 Å². The zero-order valence-corrected chi connectivity index (χ0v) is 19.4. The second-order valence-corrected chi connectivity index (χ2v) is 8.61. The number of alkyl halides is 3. The van der Waals surface area contributed by atoms with E-state index >= 15 is 0 Å². The Balaban J connectivity index is 1.55. The smallest absolute Gasteiger partial charge is 0.422 e. The third-order valence-corrected chi connectivity index (χ3v) is 6.05. The van der Waals surface area contributed by atoms with Crippen LogP contribution in [0.4, 0.5) is 18.9 Å². The van der Waals surface area contributed by atoms with Gasteiger partial charge in [0.05, 0.1) is 17.4 Å². The third kappa shape index (κ3) is 5.74. The van der Waals surface area contributed by atoms with E-state index in [9.17, 15) is 23.1 Å². The molecule has 4 rings (SSSR count). The van der Waals surface area contributed by atoms with E-state index in [2.05, 4.69) is 27.8 Å². The lowest BCUT2D eigenvalue weighted by Gasteiger charge is -2.28. The summed E-state index contributed by atoms with van der Waals surface area (Å²) >= 11 is 0. The van der Waals surface area contributed by atoms with Crippen LogP contribution >= 0.6 is 0 Å². The van der Waals surface area contributed by atoms with Gasteiger partial charge in [-0.15, -0.1) is 0 Å². The van der Waals surface area contributed by atoms with E-state index in [-0.39, 0.29) is 17.4 Å². The molecule has 0 radical (unpaired) electrons. The highest BCUT2D eigenvalue weighted by Gasteiger charge is 2.28. The molecule has 0 fully saturated rings. The molecule has 0 spiro atoms. The van der Waals surface area contributed by atoms with Crippen LogP contribution in [-0.4, -0.2) is 41.9 Å². The van der Waals surface area contributed by atoms with Crippen LogP contribution in [0.3, 0.4) is 0 Å². The molecule has 184 valence electrons. The van der Waals surface area contributed by atoms with Crippen molar-refractivity contribution in [2.24, 2.45) is 0 Å². The van der Waals surface area contributed by atoms with Gasteiger partial charge < -0.3 is 20.5 Å². The minimum absolute atomic E-state index is 0.0185. The first-order valence-electron chi connectivity index (χ1n) is 11.2. The average molecular weight is 486 g/mol. The van der Waals surface area contributed by atoms with Gasteiger partial charge >= 0.3 is 12.1 Å². The van der Waals surface area contributed by atoms with Crippen LogP contribution in [-0.2, 0) is 6.42 Å². The molecule has 1 aliphatic rings. The van der Waals surface area contributed by atoms with E-state index in [0.717, 1.165) is 40.8 Å². The number of carbonyl (C=O) groups is 1. The molecule has 35 heavy (non-hydrogen) atoms. The Morgan fingerprint density at radius 2 is 1.94 bits per heavy atom. The fourth-order valence-corrected chi connectivity index (χ4v) is 4.55. The van der Waals surface area contributed by atoms with Crippen molar-refractivity contribution in [2.45, 2.75) is 32.5 Å². The number of aromatic nitrogens is 1. The molecule has 0 saturated carbocycles. The zero-order chi connectivity index (χ0) is 25.2. The summed E-state index contributed by atoms with van der Waals surface area (Å²) in [4.78, 5) is 15.5. The van der Waals surface area contributed by atoms with Crippen LogP contribution in [0.1, 0.15) is 38.7 Å². The Labute approximate surface area is 201 Å². The molecule has 1 aliphatic heterocycles. The Hall–Kier alpha value is -3.59. The summed E-state index contributed by atoms with van der Waals surface area (Å²) in [6.07, 6.45) is -0.602. The van der Waals surface area contributed by atoms with Crippen molar-refractivity contribution in [3.05, 3.63) is 76.6 Å². The molecule has 9 heteroatoms. The van der Waals surface area contributed by atoms with Gasteiger partial charge in [0.2, 0.25) is 0 Å². The van der Waals surface area contributed by atoms with Crippen LogP contribution in [0.2, 0.25) is 0 Å². The predicted octanol–water partition coefficient (Wildman–Crippen LogP) is 5.30. The maximum Gasteiger partial charge on any atom is 0.422 e. The van der Waals surface area contributed by atoms with Gasteiger partial charge in [0.1, 0.15) is 5.75 Å². The molecule has 0 aliphatic carbocycles. The molecule has 0 saturated heterocycles. The van der Waals surface area contributed by atoms with Gasteiger partial charge in [-0.3, -0.25) is 4.98 Å². The maximum atomic E-state index is 12.5. The van der Waals surface area contributed by atoms with E-state index in [1.165, 1.54) is 24.0 Å². The molecule has 3 aromatic rings. The Morgan fingerprint density at radius 3 is 2.63 bits per heavy atom. The van der Waals surface area contributed by atoms with Gasteiger partial charge in [0.25, 0.3) is 0 Å². The first-order chi connectivity index (χ1) is 16.6. The first kappa shape index (κ1) is 24.5. The molecule has 1 atom stereocenters. The van der Waals surface area contributed by atoms with Crippen molar-refractivity contribution < 1.29 is 27.8 Å². The lowest BCUT2D eigenvalue weighted by atomic mass is 9.88. The number of carboxylic acids is 1. The number of nitrogens with zero attached hydrogens (tertiary/aromatic N) is 1. The van der Waals surface area contributed by atoms with Crippen LogP contribution < -0.4 is 15.4 Å². The molecule has 2 aromatic carbocycles. The highest BCUT2D eigenvalue weighted by atomic mass is 19.4. The number of halogens is 3. The fourth-order valence-electron chi connectivity index (χ4n) is 4.55. The summed E-state index contributed by atoms with van der Waals surface area (Å²) in [7, 11) is 0. The highest BCUT2D eigenvalue weighted by Crippen LogP contribution is 2.35. The molecule has 0 amide bonds.